The number of fused-ring (bicyclic) bond motifs is 1. The third kappa shape index (κ3) is 2.04. The molecule has 0 spiro atoms. The van der Waals surface area contributed by atoms with Gasteiger partial charge in [0.1, 0.15) is 5.84 Å². The molecular formula is C11H12BrClN2. The van der Waals surface area contributed by atoms with Gasteiger partial charge in [0.2, 0.25) is 0 Å². The van der Waals surface area contributed by atoms with Crippen LogP contribution in [0.1, 0.15) is 13.8 Å². The zero-order valence-corrected chi connectivity index (χ0v) is 11.0. The molecule has 2 nitrogen and oxygen atoms in total. The van der Waals surface area contributed by atoms with E-state index in [1.54, 1.807) is 0 Å². The van der Waals surface area contributed by atoms with E-state index in [0.717, 1.165) is 22.6 Å². The molecule has 2 aliphatic heterocycles. The van der Waals surface area contributed by atoms with Crippen molar-refractivity contribution in [3.8, 4) is 0 Å². The van der Waals surface area contributed by atoms with Gasteiger partial charge < -0.3 is 4.90 Å². The van der Waals surface area contributed by atoms with Crippen LogP contribution in [0.5, 0.6) is 0 Å². The van der Waals surface area contributed by atoms with Crippen LogP contribution >= 0.6 is 27.5 Å². The zero-order chi connectivity index (χ0) is 11.0. The second-order valence-corrected chi connectivity index (χ2v) is 5.24. The molecule has 4 heteroatoms. The van der Waals surface area contributed by atoms with E-state index in [-0.39, 0.29) is 5.38 Å². The highest BCUT2D eigenvalue weighted by molar-refractivity contribution is 9.11. The van der Waals surface area contributed by atoms with Gasteiger partial charge in [-0.1, -0.05) is 22.0 Å². The molecule has 15 heavy (non-hydrogen) atoms. The van der Waals surface area contributed by atoms with Crippen LogP contribution in [0.15, 0.2) is 39.1 Å². The van der Waals surface area contributed by atoms with Crippen LogP contribution in [0.2, 0.25) is 0 Å². The molecule has 2 heterocycles. The number of aliphatic imine (C=N–C) groups is 1. The molecule has 80 valence electrons. The maximum absolute atomic E-state index is 6.07. The molecule has 1 unspecified atom stereocenters. The van der Waals surface area contributed by atoms with Gasteiger partial charge in [0.05, 0.1) is 17.6 Å². The van der Waals surface area contributed by atoms with E-state index in [4.69, 9.17) is 11.6 Å². The molecule has 0 radical (unpaired) electrons. The van der Waals surface area contributed by atoms with Gasteiger partial charge in [0, 0.05) is 10.2 Å². The minimum absolute atomic E-state index is 0.0614. The molecule has 0 amide bonds. The van der Waals surface area contributed by atoms with Crippen molar-refractivity contribution in [3.63, 3.8) is 0 Å². The normalized spacial score (nSPS) is 22.3. The molecule has 0 saturated carbocycles. The highest BCUT2D eigenvalue weighted by Crippen LogP contribution is 2.29. The van der Waals surface area contributed by atoms with E-state index in [0.29, 0.717) is 0 Å². The minimum Gasteiger partial charge on any atom is -0.325 e. The fraction of sp³-hybridized carbons (Fsp3) is 0.364. The number of allylic oxidation sites excluding steroid dienone is 4. The Hall–Kier alpha value is -0.540. The second-order valence-electron chi connectivity index (χ2n) is 3.63. The lowest BCUT2D eigenvalue weighted by Crippen LogP contribution is -2.34. The maximum Gasteiger partial charge on any atom is 0.133 e. The average molecular weight is 288 g/mol. The first-order chi connectivity index (χ1) is 7.09. The Balaban J connectivity index is 2.38. The Morgan fingerprint density at radius 2 is 2.33 bits per heavy atom. The van der Waals surface area contributed by atoms with E-state index in [2.05, 4.69) is 38.8 Å². The number of rotatable bonds is 1. The summed E-state index contributed by atoms with van der Waals surface area (Å²) in [5.41, 5.74) is 2.14. The van der Waals surface area contributed by atoms with Gasteiger partial charge >= 0.3 is 0 Å². The molecule has 0 bridgehead atoms. The van der Waals surface area contributed by atoms with Crippen LogP contribution in [0, 0.1) is 0 Å². The number of alkyl halides is 1. The molecule has 0 saturated heterocycles. The smallest absolute Gasteiger partial charge is 0.133 e. The number of nitrogens with zero attached hydrogens (tertiary/aromatic N) is 2. The zero-order valence-electron chi connectivity index (χ0n) is 8.67. The predicted octanol–water partition coefficient (Wildman–Crippen LogP) is 3.41. The van der Waals surface area contributed by atoms with Crippen molar-refractivity contribution in [3.05, 3.63) is 34.1 Å². The van der Waals surface area contributed by atoms with Crippen molar-refractivity contribution in [1.29, 1.82) is 0 Å². The largest absolute Gasteiger partial charge is 0.325 e. The first kappa shape index (κ1) is 11.0. The van der Waals surface area contributed by atoms with Crippen LogP contribution < -0.4 is 0 Å². The lowest BCUT2D eigenvalue weighted by atomic mass is 10.2. The van der Waals surface area contributed by atoms with Crippen molar-refractivity contribution < 1.29 is 0 Å². The lowest BCUT2D eigenvalue weighted by Gasteiger charge is -2.31. The van der Waals surface area contributed by atoms with Crippen molar-refractivity contribution >= 4 is 33.4 Å². The molecule has 0 aliphatic carbocycles. The van der Waals surface area contributed by atoms with Crippen LogP contribution in [-0.2, 0) is 0 Å². The molecule has 0 aromatic heterocycles. The first-order valence-electron chi connectivity index (χ1n) is 4.83. The Labute approximate surface area is 103 Å². The lowest BCUT2D eigenvalue weighted by molar-refractivity contribution is 0.553. The molecule has 2 rings (SSSR count). The summed E-state index contributed by atoms with van der Waals surface area (Å²) in [5.74, 6) is 0.973. The molecule has 1 atom stereocenters. The monoisotopic (exact) mass is 286 g/mol. The first-order valence-corrected chi connectivity index (χ1v) is 6.06. The topological polar surface area (TPSA) is 15.6 Å². The quantitative estimate of drug-likeness (QED) is 0.675. The van der Waals surface area contributed by atoms with E-state index in [9.17, 15) is 0 Å². The Morgan fingerprint density at radius 3 is 3.00 bits per heavy atom. The second kappa shape index (κ2) is 4.14. The van der Waals surface area contributed by atoms with E-state index >= 15 is 0 Å². The van der Waals surface area contributed by atoms with Crippen LogP contribution in [0.4, 0.5) is 0 Å². The van der Waals surface area contributed by atoms with Gasteiger partial charge in [0.15, 0.2) is 0 Å². The molecule has 0 fully saturated rings. The third-order valence-electron chi connectivity index (χ3n) is 2.47. The predicted molar refractivity (Wildman–Crippen MR) is 68.3 cm³/mol. The van der Waals surface area contributed by atoms with Crippen molar-refractivity contribution in [2.45, 2.75) is 19.2 Å². The summed E-state index contributed by atoms with van der Waals surface area (Å²) in [6.07, 6.45) is 6.10. The number of hydrogen-bond donors (Lipinski definition) is 0. The van der Waals surface area contributed by atoms with E-state index in [1.807, 2.05) is 19.1 Å². The maximum atomic E-state index is 6.07. The molecule has 0 N–H and O–H groups in total. The number of amidine groups is 1. The molecule has 0 aromatic rings. The molecular weight excluding hydrogens is 275 g/mol. The van der Waals surface area contributed by atoms with Crippen LogP contribution in [0.25, 0.3) is 0 Å². The van der Waals surface area contributed by atoms with Crippen LogP contribution in [-0.4, -0.2) is 22.7 Å². The van der Waals surface area contributed by atoms with Crippen molar-refractivity contribution in [2.75, 3.05) is 6.54 Å². The summed E-state index contributed by atoms with van der Waals surface area (Å²) in [7, 11) is 0. The fourth-order valence-electron chi connectivity index (χ4n) is 1.65. The summed E-state index contributed by atoms with van der Waals surface area (Å²) < 4.78 is 1.07. The summed E-state index contributed by atoms with van der Waals surface area (Å²) in [6.45, 7) is 4.83. The molecule has 0 aromatic carbocycles. The SMILES string of the molecule is CC1=CC=CC2=NC(C(C)Cl)=C(Br)CN12. The van der Waals surface area contributed by atoms with Crippen LogP contribution in [0.3, 0.4) is 0 Å². The summed E-state index contributed by atoms with van der Waals surface area (Å²) in [5, 5.41) is -0.0614. The molecule has 2 aliphatic rings. The number of halogens is 2. The third-order valence-corrected chi connectivity index (χ3v) is 3.34. The summed E-state index contributed by atoms with van der Waals surface area (Å²) in [6, 6.07) is 0. The Kier molecular flexibility index (Phi) is 3.03. The van der Waals surface area contributed by atoms with Gasteiger partial charge in [-0.05, 0) is 26.0 Å². The Morgan fingerprint density at radius 1 is 1.60 bits per heavy atom. The van der Waals surface area contributed by atoms with Gasteiger partial charge in [0.25, 0.3) is 0 Å². The Bertz CT molecular complexity index is 405. The summed E-state index contributed by atoms with van der Waals surface area (Å²) in [4.78, 5) is 6.71. The fourth-order valence-corrected chi connectivity index (χ4v) is 2.64. The average Bonchev–Trinajstić information content (AvgIpc) is 2.18. The van der Waals surface area contributed by atoms with E-state index < -0.39 is 0 Å². The minimum atomic E-state index is -0.0614. The summed E-state index contributed by atoms with van der Waals surface area (Å²) >= 11 is 9.61. The standard InChI is InChI=1S/C11H12BrClN2/c1-7-4-3-5-10-14-11(8(2)13)9(12)6-15(7)10/h3-5,8H,6H2,1-2H3. The van der Waals surface area contributed by atoms with Gasteiger partial charge in [-0.2, -0.15) is 0 Å². The van der Waals surface area contributed by atoms with Crippen molar-refractivity contribution in [1.82, 2.24) is 4.90 Å². The van der Waals surface area contributed by atoms with Gasteiger partial charge in [-0.15, -0.1) is 11.6 Å². The highest BCUT2D eigenvalue weighted by Gasteiger charge is 2.23. The van der Waals surface area contributed by atoms with Crippen molar-refractivity contribution in [2.24, 2.45) is 4.99 Å². The van der Waals surface area contributed by atoms with Gasteiger partial charge in [-0.3, -0.25) is 0 Å². The highest BCUT2D eigenvalue weighted by atomic mass is 79.9. The number of hydrogen-bond acceptors (Lipinski definition) is 2. The van der Waals surface area contributed by atoms with Gasteiger partial charge in [-0.25, -0.2) is 4.99 Å². The van der Waals surface area contributed by atoms with E-state index in [1.165, 1.54) is 5.70 Å².